The maximum atomic E-state index is 12.0. The smallest absolute Gasteiger partial charge is 0.222 e. The number of carbonyl (C=O) groups excluding carboxylic acids is 1. The van der Waals surface area contributed by atoms with Crippen LogP contribution >= 0.6 is 11.3 Å². The van der Waals surface area contributed by atoms with Crippen molar-refractivity contribution in [3.8, 4) is 0 Å². The molecule has 1 N–H and O–H groups in total. The minimum atomic E-state index is 0.316. The molecular weight excluding hydrogens is 308 g/mol. The zero-order valence-electron chi connectivity index (χ0n) is 13.9. The van der Waals surface area contributed by atoms with Gasteiger partial charge >= 0.3 is 0 Å². The number of nitrogens with zero attached hydrogens (tertiary/aromatic N) is 3. The first-order valence-electron chi connectivity index (χ1n) is 8.39. The summed E-state index contributed by atoms with van der Waals surface area (Å²) < 4.78 is 0. The van der Waals surface area contributed by atoms with Gasteiger partial charge < -0.3 is 10.2 Å². The van der Waals surface area contributed by atoms with Crippen LogP contribution in [-0.2, 0) is 4.79 Å². The second-order valence-corrected chi connectivity index (χ2v) is 7.36. The van der Waals surface area contributed by atoms with Crippen molar-refractivity contribution in [1.29, 1.82) is 0 Å². The fourth-order valence-electron chi connectivity index (χ4n) is 3.07. The summed E-state index contributed by atoms with van der Waals surface area (Å²) in [7, 11) is 0. The van der Waals surface area contributed by atoms with Gasteiger partial charge in [-0.1, -0.05) is 6.42 Å². The molecule has 124 valence electrons. The van der Waals surface area contributed by atoms with Gasteiger partial charge in [0.2, 0.25) is 5.91 Å². The van der Waals surface area contributed by atoms with Crippen LogP contribution in [0.5, 0.6) is 0 Å². The fourth-order valence-corrected chi connectivity index (χ4v) is 4.06. The minimum Gasteiger partial charge on any atom is -0.369 e. The van der Waals surface area contributed by atoms with Crippen molar-refractivity contribution in [1.82, 2.24) is 14.9 Å². The first-order chi connectivity index (χ1) is 11.2. The van der Waals surface area contributed by atoms with E-state index >= 15 is 0 Å². The van der Waals surface area contributed by atoms with E-state index in [0.717, 1.165) is 54.9 Å². The number of aromatic nitrogens is 2. The summed E-state index contributed by atoms with van der Waals surface area (Å²) in [5.74, 6) is 1.23. The fraction of sp³-hybridized carbons (Fsp3) is 0.588. The average molecular weight is 332 g/mol. The average Bonchev–Trinajstić information content (AvgIpc) is 2.71. The number of amides is 1. The first kappa shape index (κ1) is 16.2. The summed E-state index contributed by atoms with van der Waals surface area (Å²) in [6, 6.07) is 0. The number of aryl methyl sites for hydroxylation is 2. The molecule has 0 aliphatic carbocycles. The van der Waals surface area contributed by atoms with Crippen LogP contribution in [-0.4, -0.2) is 40.4 Å². The lowest BCUT2D eigenvalue weighted by Gasteiger charge is -2.20. The molecule has 1 saturated heterocycles. The number of anilines is 1. The molecule has 0 bridgehead atoms. The van der Waals surface area contributed by atoms with Crippen LogP contribution < -0.4 is 5.32 Å². The van der Waals surface area contributed by atoms with Gasteiger partial charge in [0.15, 0.2) is 0 Å². The van der Waals surface area contributed by atoms with E-state index in [4.69, 9.17) is 0 Å². The zero-order valence-corrected chi connectivity index (χ0v) is 14.7. The van der Waals surface area contributed by atoms with Gasteiger partial charge in [0, 0.05) is 30.9 Å². The number of rotatable bonds is 5. The number of hydrogen-bond donors (Lipinski definition) is 1. The first-order valence-corrected chi connectivity index (χ1v) is 9.21. The van der Waals surface area contributed by atoms with Crippen molar-refractivity contribution >= 4 is 33.3 Å². The van der Waals surface area contributed by atoms with Crippen molar-refractivity contribution in [3.63, 3.8) is 0 Å². The van der Waals surface area contributed by atoms with Crippen LogP contribution in [0, 0.1) is 13.8 Å². The van der Waals surface area contributed by atoms with E-state index in [1.807, 2.05) is 4.90 Å². The van der Waals surface area contributed by atoms with Crippen molar-refractivity contribution in [2.75, 3.05) is 25.0 Å². The van der Waals surface area contributed by atoms with E-state index in [0.29, 0.717) is 12.3 Å². The van der Waals surface area contributed by atoms with Gasteiger partial charge in [-0.25, -0.2) is 9.97 Å². The van der Waals surface area contributed by atoms with Gasteiger partial charge in [-0.15, -0.1) is 11.3 Å². The van der Waals surface area contributed by atoms with Gasteiger partial charge in [0.1, 0.15) is 17.0 Å². The Morgan fingerprint density at radius 3 is 3.00 bits per heavy atom. The highest BCUT2D eigenvalue weighted by atomic mass is 32.1. The Kier molecular flexibility index (Phi) is 5.10. The molecule has 0 spiro atoms. The van der Waals surface area contributed by atoms with Crippen molar-refractivity contribution in [3.05, 3.63) is 16.8 Å². The number of hydrogen-bond acceptors (Lipinski definition) is 5. The predicted molar refractivity (Wildman–Crippen MR) is 95.0 cm³/mol. The molecule has 1 fully saturated rings. The summed E-state index contributed by atoms with van der Waals surface area (Å²) >= 11 is 1.71. The summed E-state index contributed by atoms with van der Waals surface area (Å²) in [4.78, 5) is 25.1. The number of carbonyl (C=O) groups is 1. The SMILES string of the molecule is Cc1sc2ncnc(NCCCN3CCCCCC3=O)c2c1C. The number of fused-ring (bicyclic) bond motifs is 1. The van der Waals surface area contributed by atoms with E-state index < -0.39 is 0 Å². The Bertz CT molecular complexity index is 697. The lowest BCUT2D eigenvalue weighted by molar-refractivity contribution is -0.130. The van der Waals surface area contributed by atoms with Crippen molar-refractivity contribution < 1.29 is 4.79 Å². The summed E-state index contributed by atoms with van der Waals surface area (Å²) in [6.45, 7) is 6.82. The molecule has 1 aliphatic heterocycles. The highest BCUT2D eigenvalue weighted by Gasteiger charge is 2.16. The van der Waals surface area contributed by atoms with Crippen molar-refractivity contribution in [2.45, 2.75) is 46.0 Å². The summed E-state index contributed by atoms with van der Waals surface area (Å²) in [5.41, 5.74) is 1.26. The molecule has 2 aromatic heterocycles. The molecule has 0 atom stereocenters. The standard InChI is InChI=1S/C17H24N4OS/c1-12-13(2)23-17-15(12)16(19-11-20-17)18-8-6-10-21-9-5-3-4-7-14(21)22/h11H,3-10H2,1-2H3,(H,18,19,20). The molecule has 0 radical (unpaired) electrons. The van der Waals surface area contributed by atoms with Gasteiger partial charge in [0.05, 0.1) is 5.39 Å². The lowest BCUT2D eigenvalue weighted by atomic mass is 10.2. The second kappa shape index (κ2) is 7.25. The van der Waals surface area contributed by atoms with Gasteiger partial charge in [-0.05, 0) is 38.7 Å². The maximum Gasteiger partial charge on any atom is 0.222 e. The number of likely N-dealkylation sites (tertiary alicyclic amines) is 1. The topological polar surface area (TPSA) is 58.1 Å². The minimum absolute atomic E-state index is 0.316. The molecule has 3 heterocycles. The van der Waals surface area contributed by atoms with Crippen LogP contribution in [0.1, 0.15) is 42.5 Å². The van der Waals surface area contributed by atoms with Crippen molar-refractivity contribution in [2.24, 2.45) is 0 Å². The molecule has 6 heteroatoms. The molecule has 23 heavy (non-hydrogen) atoms. The molecule has 1 aliphatic rings. The molecule has 3 rings (SSSR count). The Morgan fingerprint density at radius 1 is 1.26 bits per heavy atom. The molecule has 1 amide bonds. The molecule has 2 aromatic rings. The van der Waals surface area contributed by atoms with Crippen LogP contribution in [0.4, 0.5) is 5.82 Å². The molecule has 0 saturated carbocycles. The quantitative estimate of drug-likeness (QED) is 0.851. The number of nitrogens with one attached hydrogen (secondary N) is 1. The number of thiophene rings is 1. The Hall–Kier alpha value is -1.69. The Balaban J connectivity index is 1.58. The van der Waals surface area contributed by atoms with Gasteiger partial charge in [0.25, 0.3) is 0 Å². The van der Waals surface area contributed by atoms with E-state index in [9.17, 15) is 4.79 Å². The van der Waals surface area contributed by atoms with E-state index in [1.165, 1.54) is 16.9 Å². The Labute approximate surface area is 141 Å². The van der Waals surface area contributed by atoms with Crippen LogP contribution in [0.2, 0.25) is 0 Å². The third kappa shape index (κ3) is 3.63. The van der Waals surface area contributed by atoms with E-state index in [-0.39, 0.29) is 0 Å². The summed E-state index contributed by atoms with van der Waals surface area (Å²) in [5, 5.41) is 4.57. The Morgan fingerprint density at radius 2 is 2.13 bits per heavy atom. The molecule has 5 nitrogen and oxygen atoms in total. The van der Waals surface area contributed by atoms with Gasteiger partial charge in [-0.3, -0.25) is 4.79 Å². The normalized spacial score (nSPS) is 15.9. The molecular formula is C17H24N4OS. The monoisotopic (exact) mass is 332 g/mol. The van der Waals surface area contributed by atoms with Gasteiger partial charge in [-0.2, -0.15) is 0 Å². The highest BCUT2D eigenvalue weighted by Crippen LogP contribution is 2.32. The zero-order chi connectivity index (χ0) is 16.2. The largest absolute Gasteiger partial charge is 0.369 e. The molecule has 0 aromatic carbocycles. The van der Waals surface area contributed by atoms with E-state index in [2.05, 4.69) is 29.1 Å². The summed E-state index contributed by atoms with van der Waals surface area (Å²) in [6.07, 6.45) is 6.64. The third-order valence-electron chi connectivity index (χ3n) is 4.53. The van der Waals surface area contributed by atoms with Crippen LogP contribution in [0.3, 0.4) is 0 Å². The van der Waals surface area contributed by atoms with E-state index in [1.54, 1.807) is 17.7 Å². The predicted octanol–water partition coefficient (Wildman–Crippen LogP) is 3.51. The highest BCUT2D eigenvalue weighted by molar-refractivity contribution is 7.18. The van der Waals surface area contributed by atoms with Crippen LogP contribution in [0.15, 0.2) is 6.33 Å². The molecule has 0 unspecified atom stereocenters. The van der Waals surface area contributed by atoms with Crippen LogP contribution in [0.25, 0.3) is 10.2 Å². The third-order valence-corrected chi connectivity index (χ3v) is 5.65. The second-order valence-electron chi connectivity index (χ2n) is 6.16. The lowest BCUT2D eigenvalue weighted by Crippen LogP contribution is -2.32. The maximum absolute atomic E-state index is 12.0.